The second kappa shape index (κ2) is 15.5. The van der Waals surface area contributed by atoms with E-state index in [1.807, 2.05) is 0 Å². The first-order valence-corrected chi connectivity index (χ1v) is 15.9. The zero-order chi connectivity index (χ0) is 29.2. The number of ether oxygens (including phenoxy) is 2. The Labute approximate surface area is 242 Å². The maximum Gasteiger partial charge on any atom is 0.409 e. The molecule has 0 N–H and O–H groups in total. The molecular formula is C29H48N4O8. The van der Waals surface area contributed by atoms with Gasteiger partial charge in [0.1, 0.15) is 13.2 Å². The van der Waals surface area contributed by atoms with Crippen LogP contribution in [-0.4, -0.2) is 83.3 Å². The number of nitro groups is 2. The van der Waals surface area contributed by atoms with Crippen molar-refractivity contribution in [3.63, 3.8) is 0 Å². The minimum atomic E-state index is -0.597. The van der Waals surface area contributed by atoms with Crippen LogP contribution >= 0.6 is 0 Å². The molecule has 2 aliphatic carbocycles. The van der Waals surface area contributed by atoms with Crippen molar-refractivity contribution in [2.75, 3.05) is 39.4 Å². The van der Waals surface area contributed by atoms with E-state index in [-0.39, 0.29) is 47.1 Å². The van der Waals surface area contributed by atoms with Crippen molar-refractivity contribution >= 4 is 12.2 Å². The van der Waals surface area contributed by atoms with Crippen LogP contribution in [0.4, 0.5) is 9.59 Å². The second-order valence-corrected chi connectivity index (χ2v) is 12.7. The highest BCUT2D eigenvalue weighted by Crippen LogP contribution is 2.30. The highest BCUT2D eigenvalue weighted by Gasteiger charge is 2.37. The predicted octanol–water partition coefficient (Wildman–Crippen LogP) is 5.52. The Morgan fingerprint density at radius 1 is 0.610 bits per heavy atom. The van der Waals surface area contributed by atoms with Crippen LogP contribution in [0.3, 0.4) is 0 Å². The lowest BCUT2D eigenvalue weighted by Crippen LogP contribution is -2.41. The number of likely N-dealkylation sites (tertiary alicyclic amines) is 2. The van der Waals surface area contributed by atoms with E-state index in [9.17, 15) is 29.8 Å². The van der Waals surface area contributed by atoms with Crippen LogP contribution in [0.5, 0.6) is 0 Å². The van der Waals surface area contributed by atoms with E-state index in [1.54, 1.807) is 9.80 Å². The molecule has 4 atom stereocenters. The Balaban J connectivity index is 1.05. The molecule has 2 saturated heterocycles. The van der Waals surface area contributed by atoms with Gasteiger partial charge in [0.2, 0.25) is 12.1 Å². The summed E-state index contributed by atoms with van der Waals surface area (Å²) in [4.78, 5) is 50.8. The van der Waals surface area contributed by atoms with E-state index in [2.05, 4.69) is 0 Å². The Kier molecular flexibility index (Phi) is 11.9. The molecule has 2 amide bonds. The molecule has 2 aliphatic heterocycles. The van der Waals surface area contributed by atoms with E-state index in [0.717, 1.165) is 83.5 Å². The van der Waals surface area contributed by atoms with Gasteiger partial charge in [-0.1, -0.05) is 32.1 Å². The molecule has 2 saturated carbocycles. The summed E-state index contributed by atoms with van der Waals surface area (Å²) in [6.45, 7) is 2.99. The van der Waals surface area contributed by atoms with Crippen LogP contribution in [0, 0.1) is 43.9 Å². The zero-order valence-corrected chi connectivity index (χ0v) is 24.4. The third-order valence-electron chi connectivity index (χ3n) is 10.1. The molecule has 0 aromatic carbocycles. The molecule has 4 unspecified atom stereocenters. The lowest BCUT2D eigenvalue weighted by atomic mass is 9.85. The summed E-state index contributed by atoms with van der Waals surface area (Å²) in [6.07, 6.45) is 12.8. The van der Waals surface area contributed by atoms with Crippen molar-refractivity contribution in [2.24, 2.45) is 23.7 Å². The minimum absolute atomic E-state index is 0.142. The summed E-state index contributed by atoms with van der Waals surface area (Å²) in [5, 5.41) is 22.6. The van der Waals surface area contributed by atoms with Crippen LogP contribution in [0.2, 0.25) is 0 Å². The van der Waals surface area contributed by atoms with Gasteiger partial charge in [0.25, 0.3) is 0 Å². The lowest BCUT2D eigenvalue weighted by molar-refractivity contribution is -0.536. The first-order valence-electron chi connectivity index (χ1n) is 15.9. The number of amides is 2. The van der Waals surface area contributed by atoms with Gasteiger partial charge in [0.05, 0.1) is 11.8 Å². The van der Waals surface area contributed by atoms with Gasteiger partial charge in [-0.2, -0.15) is 0 Å². The topological polar surface area (TPSA) is 145 Å². The molecule has 4 rings (SSSR count). The highest BCUT2D eigenvalue weighted by molar-refractivity contribution is 5.68. The molecule has 2 heterocycles. The summed E-state index contributed by atoms with van der Waals surface area (Å²) in [6, 6.07) is -1.19. The molecule has 4 fully saturated rings. The number of carbonyl (C=O) groups is 2. The molecule has 4 aliphatic rings. The van der Waals surface area contributed by atoms with Gasteiger partial charge in [-0.3, -0.25) is 20.2 Å². The monoisotopic (exact) mass is 580 g/mol. The summed E-state index contributed by atoms with van der Waals surface area (Å²) in [7, 11) is 0. The number of piperidine rings is 2. The van der Waals surface area contributed by atoms with Crippen molar-refractivity contribution in [2.45, 2.75) is 108 Å². The fourth-order valence-electron chi connectivity index (χ4n) is 7.36. The van der Waals surface area contributed by atoms with E-state index in [4.69, 9.17) is 9.47 Å². The van der Waals surface area contributed by atoms with E-state index < -0.39 is 12.1 Å². The van der Waals surface area contributed by atoms with E-state index in [0.29, 0.717) is 50.9 Å². The van der Waals surface area contributed by atoms with Crippen molar-refractivity contribution in [1.82, 2.24) is 9.80 Å². The lowest BCUT2D eigenvalue weighted by Gasteiger charge is -2.33. The fraction of sp³-hybridized carbons (Fsp3) is 0.931. The Morgan fingerprint density at radius 3 is 1.34 bits per heavy atom. The molecule has 12 heteroatoms. The van der Waals surface area contributed by atoms with Crippen LogP contribution in [-0.2, 0) is 9.47 Å². The first kappa shape index (κ1) is 31.3. The smallest absolute Gasteiger partial charge is 0.409 e. The quantitative estimate of drug-likeness (QED) is 0.242. The van der Waals surface area contributed by atoms with Crippen LogP contribution < -0.4 is 0 Å². The standard InChI is InChI=1S/C29H48N4O8/c34-28(40-20-24-8-1-3-10-26(24)32(36)37)30-16-12-22(13-17-30)6-5-7-23-14-18-31(19-15-23)29(35)41-21-25-9-2-4-11-27(25)33(38)39/h22-27H,1-21H2. The summed E-state index contributed by atoms with van der Waals surface area (Å²) < 4.78 is 11.0. The number of nitrogens with zero attached hydrogens (tertiary/aromatic N) is 4. The molecule has 232 valence electrons. The molecule has 41 heavy (non-hydrogen) atoms. The zero-order valence-electron chi connectivity index (χ0n) is 24.4. The second-order valence-electron chi connectivity index (χ2n) is 12.7. The Hall–Kier alpha value is -2.66. The maximum atomic E-state index is 12.6. The molecule has 0 bridgehead atoms. The molecule has 12 nitrogen and oxygen atoms in total. The fourth-order valence-corrected chi connectivity index (χ4v) is 7.36. The molecule has 0 radical (unpaired) electrons. The van der Waals surface area contributed by atoms with Crippen molar-refractivity contribution < 1.29 is 28.9 Å². The van der Waals surface area contributed by atoms with Gasteiger partial charge in [-0.15, -0.1) is 0 Å². The van der Waals surface area contributed by atoms with Gasteiger partial charge in [0, 0.05) is 48.9 Å². The average Bonchev–Trinajstić information content (AvgIpc) is 2.99. The average molecular weight is 581 g/mol. The van der Waals surface area contributed by atoms with Crippen molar-refractivity contribution in [3.8, 4) is 0 Å². The van der Waals surface area contributed by atoms with E-state index >= 15 is 0 Å². The maximum absolute atomic E-state index is 12.6. The molecular weight excluding hydrogens is 532 g/mol. The Morgan fingerprint density at radius 2 is 0.976 bits per heavy atom. The third-order valence-corrected chi connectivity index (χ3v) is 10.1. The van der Waals surface area contributed by atoms with Gasteiger partial charge in [-0.25, -0.2) is 9.59 Å². The highest BCUT2D eigenvalue weighted by atomic mass is 16.6. The van der Waals surface area contributed by atoms with Gasteiger partial charge < -0.3 is 19.3 Å². The molecule has 0 spiro atoms. The van der Waals surface area contributed by atoms with Gasteiger partial charge in [-0.05, 0) is 63.2 Å². The van der Waals surface area contributed by atoms with E-state index in [1.165, 1.54) is 0 Å². The normalized spacial score (nSPS) is 28.2. The summed E-state index contributed by atoms with van der Waals surface area (Å²) in [5.41, 5.74) is 0. The molecule has 0 aromatic rings. The minimum Gasteiger partial charge on any atom is -0.449 e. The largest absolute Gasteiger partial charge is 0.449 e. The van der Waals surface area contributed by atoms with Crippen LogP contribution in [0.1, 0.15) is 96.3 Å². The number of rotatable bonds is 10. The summed E-state index contributed by atoms with van der Waals surface area (Å²) >= 11 is 0. The third kappa shape index (κ3) is 9.16. The number of carbonyl (C=O) groups excluding carboxylic acids is 2. The van der Waals surface area contributed by atoms with Crippen molar-refractivity contribution in [3.05, 3.63) is 20.2 Å². The van der Waals surface area contributed by atoms with Gasteiger partial charge in [0.15, 0.2) is 0 Å². The van der Waals surface area contributed by atoms with Crippen LogP contribution in [0.15, 0.2) is 0 Å². The SMILES string of the molecule is O=C(OCC1CCCCC1[N+](=O)[O-])N1CCC(CCCC2CCN(C(=O)OCC3CCCCC3[N+](=O)[O-])CC2)CC1. The van der Waals surface area contributed by atoms with Gasteiger partial charge >= 0.3 is 12.2 Å². The first-order chi connectivity index (χ1) is 19.8. The van der Waals surface area contributed by atoms with Crippen molar-refractivity contribution in [1.29, 1.82) is 0 Å². The summed E-state index contributed by atoms with van der Waals surface area (Å²) in [5.74, 6) is 0.828. The van der Waals surface area contributed by atoms with Crippen LogP contribution in [0.25, 0.3) is 0 Å². The predicted molar refractivity (Wildman–Crippen MR) is 151 cm³/mol. The Bertz CT molecular complexity index is 818. The number of hydrogen-bond donors (Lipinski definition) is 0. The molecule has 0 aromatic heterocycles. The number of hydrogen-bond acceptors (Lipinski definition) is 8.